The number of hydrogen-bond acceptors (Lipinski definition) is 1. The molecule has 3 heteroatoms. The summed E-state index contributed by atoms with van der Waals surface area (Å²) in [6, 6.07) is 37.2. The van der Waals surface area contributed by atoms with Crippen LogP contribution in [0.5, 0.6) is 0 Å². The topological polar surface area (TPSA) is 17.3 Å². The van der Waals surface area contributed by atoms with E-state index in [1.165, 1.54) is 54.9 Å². The predicted octanol–water partition coefficient (Wildman–Crippen LogP) is 10.8. The highest BCUT2D eigenvalue weighted by Gasteiger charge is 2.27. The first-order valence-electron chi connectivity index (χ1n) is 17.1. The lowest BCUT2D eigenvalue weighted by molar-refractivity contribution is 0.694. The van der Waals surface area contributed by atoms with E-state index in [4.69, 9.17) is 13.0 Å². The normalized spacial score (nSPS) is 18.8. The van der Waals surface area contributed by atoms with E-state index >= 15 is 0 Å². The molecule has 6 aromatic rings. The Kier molecular flexibility index (Phi) is 6.91. The Hall–Kier alpha value is -5.67. The summed E-state index contributed by atoms with van der Waals surface area (Å²) in [5.74, 6) is 0.629. The smallest absolute Gasteiger partial charge is 0.234 e. The van der Waals surface area contributed by atoms with Gasteiger partial charge in [0.15, 0.2) is 0 Å². The molecule has 5 aromatic carbocycles. The quantitative estimate of drug-likeness (QED) is 0.137. The van der Waals surface area contributed by atoms with Crippen molar-refractivity contribution < 1.29 is 0 Å². The maximum atomic E-state index is 7.09. The summed E-state index contributed by atoms with van der Waals surface area (Å²) >= 11 is 0. The molecule has 2 aliphatic carbocycles. The minimum Gasteiger partial charge on any atom is -0.397 e. The maximum absolute atomic E-state index is 7.09. The van der Waals surface area contributed by atoms with Gasteiger partial charge in [-0.1, -0.05) is 121 Å². The van der Waals surface area contributed by atoms with Crippen LogP contribution in [0.2, 0.25) is 0 Å². The molecule has 0 amide bonds. The second kappa shape index (κ2) is 11.5. The Balaban J connectivity index is 1.15. The average molecular weight is 627 g/mol. The van der Waals surface area contributed by atoms with Gasteiger partial charge in [0, 0.05) is 34.4 Å². The molecule has 0 fully saturated rings. The zero-order valence-electron chi connectivity index (χ0n) is 28.0. The molecule has 2 nitrogen and oxygen atoms in total. The summed E-state index contributed by atoms with van der Waals surface area (Å²) < 4.78 is 1.86. The van der Waals surface area contributed by atoms with Crippen LogP contribution < -0.4 is 0 Å². The number of nitrogens with zero attached hydrogens (tertiary/aromatic N) is 2. The van der Waals surface area contributed by atoms with Gasteiger partial charge in [-0.2, -0.15) is 0 Å². The summed E-state index contributed by atoms with van der Waals surface area (Å²) in [4.78, 5) is 5.30. The standard InChI is InChI=1S/C46H35BN2/c1-28-24-29(2)45(30(3)25-28)46(42-21-20-41(48-42)35-16-18-39-33(26-35)14-12-31-8-4-6-10-37(31)39)44-23-22-43(49(44)47)36-17-19-40-34(27-36)15-13-32-9-5-7-11-38(32)40/h4-27,34,40H,1-3H3/b46-42+. The maximum Gasteiger partial charge on any atom is 0.234 e. The highest BCUT2D eigenvalue weighted by Crippen LogP contribution is 2.42. The van der Waals surface area contributed by atoms with Crippen LogP contribution in [0, 0.1) is 26.7 Å². The second-order valence-corrected chi connectivity index (χ2v) is 13.6. The molecule has 0 bridgehead atoms. The number of hydrogen-bond donors (Lipinski definition) is 0. The monoisotopic (exact) mass is 626 g/mol. The Bertz CT molecular complexity index is 2520. The summed E-state index contributed by atoms with van der Waals surface area (Å²) in [5, 5.41) is 4.99. The van der Waals surface area contributed by atoms with Crippen LogP contribution in [0.15, 0.2) is 150 Å². The Morgan fingerprint density at radius 2 is 1.47 bits per heavy atom. The van der Waals surface area contributed by atoms with Crippen molar-refractivity contribution in [3.63, 3.8) is 0 Å². The molecule has 9 rings (SSSR count). The molecule has 0 spiro atoms. The zero-order chi connectivity index (χ0) is 33.2. The molecular formula is C46H35BN2. The van der Waals surface area contributed by atoms with E-state index in [2.05, 4.69) is 166 Å². The van der Waals surface area contributed by atoms with Crippen LogP contribution in [0.3, 0.4) is 0 Å². The Morgan fingerprint density at radius 1 is 0.694 bits per heavy atom. The van der Waals surface area contributed by atoms with Gasteiger partial charge in [0.05, 0.1) is 11.4 Å². The van der Waals surface area contributed by atoms with E-state index in [0.29, 0.717) is 5.92 Å². The molecule has 2 heterocycles. The minimum atomic E-state index is 0.289. The lowest BCUT2D eigenvalue weighted by Gasteiger charge is -2.29. The second-order valence-electron chi connectivity index (χ2n) is 13.6. The highest BCUT2D eigenvalue weighted by molar-refractivity contribution is 6.16. The summed E-state index contributed by atoms with van der Waals surface area (Å²) in [7, 11) is 7.09. The third-order valence-electron chi connectivity index (χ3n) is 10.5. The van der Waals surface area contributed by atoms with E-state index in [1.54, 1.807) is 0 Å². The molecule has 2 radical (unpaired) electrons. The van der Waals surface area contributed by atoms with Gasteiger partial charge in [0.1, 0.15) is 0 Å². The molecule has 1 aromatic heterocycles. The first kappa shape index (κ1) is 29.5. The fourth-order valence-corrected chi connectivity index (χ4v) is 8.22. The lowest BCUT2D eigenvalue weighted by atomic mass is 9.75. The van der Waals surface area contributed by atoms with Gasteiger partial charge < -0.3 is 4.48 Å². The molecule has 1 aliphatic heterocycles. The van der Waals surface area contributed by atoms with Crippen molar-refractivity contribution in [3.8, 4) is 0 Å². The van der Waals surface area contributed by atoms with Crippen molar-refractivity contribution in [1.29, 1.82) is 0 Å². The Morgan fingerprint density at radius 3 is 2.35 bits per heavy atom. The molecule has 0 saturated heterocycles. The zero-order valence-corrected chi connectivity index (χ0v) is 28.0. The number of aliphatic imine (C=N–C) groups is 1. The number of rotatable bonds is 4. The van der Waals surface area contributed by atoms with E-state index < -0.39 is 0 Å². The number of benzene rings is 5. The average Bonchev–Trinajstić information content (AvgIpc) is 3.76. The fourth-order valence-electron chi connectivity index (χ4n) is 8.22. The summed E-state index contributed by atoms with van der Waals surface area (Å²) in [6.07, 6.45) is 15.8. The van der Waals surface area contributed by atoms with Crippen molar-refractivity contribution in [2.75, 3.05) is 0 Å². The van der Waals surface area contributed by atoms with Gasteiger partial charge in [-0.05, 0) is 106 Å². The molecule has 232 valence electrons. The van der Waals surface area contributed by atoms with Gasteiger partial charge >= 0.3 is 0 Å². The molecule has 2 unspecified atom stereocenters. The van der Waals surface area contributed by atoms with Gasteiger partial charge in [-0.15, -0.1) is 0 Å². The molecule has 2 atom stereocenters. The third-order valence-corrected chi connectivity index (χ3v) is 10.5. The number of fused-ring (bicyclic) bond motifs is 6. The molecule has 0 N–H and O–H groups in total. The minimum absolute atomic E-state index is 0.289. The first-order chi connectivity index (χ1) is 23.9. The number of aromatic nitrogens is 1. The molecular weight excluding hydrogens is 591 g/mol. The third kappa shape index (κ3) is 4.92. The fraction of sp³-hybridized carbons (Fsp3) is 0.109. The van der Waals surface area contributed by atoms with Crippen LogP contribution in [-0.2, 0) is 0 Å². The van der Waals surface area contributed by atoms with Crippen molar-refractivity contribution in [1.82, 2.24) is 4.48 Å². The van der Waals surface area contributed by atoms with Crippen LogP contribution in [0.4, 0.5) is 0 Å². The van der Waals surface area contributed by atoms with E-state index in [0.717, 1.165) is 39.5 Å². The lowest BCUT2D eigenvalue weighted by Crippen LogP contribution is -2.15. The molecule has 49 heavy (non-hydrogen) atoms. The Labute approximate surface area is 289 Å². The SMILES string of the molecule is [B]n1c(C2=CC3C=Cc4ccccc4C3C=C2)ccc1/C(=C1/C=CC(c2ccc3c(ccc4ccccc43)c2)=N1)c1c(C)cc(C)cc1C. The van der Waals surface area contributed by atoms with Crippen LogP contribution in [-0.4, -0.2) is 18.2 Å². The van der Waals surface area contributed by atoms with Crippen LogP contribution in [0.25, 0.3) is 38.8 Å². The predicted molar refractivity (Wildman–Crippen MR) is 208 cm³/mol. The van der Waals surface area contributed by atoms with Gasteiger partial charge in [-0.3, -0.25) is 0 Å². The van der Waals surface area contributed by atoms with Crippen LogP contribution >= 0.6 is 0 Å². The van der Waals surface area contributed by atoms with Crippen LogP contribution in [0.1, 0.15) is 56.2 Å². The van der Waals surface area contributed by atoms with Crippen molar-refractivity contribution >= 4 is 52.5 Å². The number of aryl methyl sites for hydroxylation is 3. The molecule has 0 saturated carbocycles. The molecule has 3 aliphatic rings. The number of allylic oxidation sites excluding steroid dienone is 7. The van der Waals surface area contributed by atoms with E-state index in [-0.39, 0.29) is 5.92 Å². The van der Waals surface area contributed by atoms with Crippen molar-refractivity contribution in [2.45, 2.75) is 26.7 Å². The van der Waals surface area contributed by atoms with E-state index in [1.807, 2.05) is 4.48 Å². The van der Waals surface area contributed by atoms with Gasteiger partial charge in [-0.25, -0.2) is 4.99 Å². The van der Waals surface area contributed by atoms with E-state index in [9.17, 15) is 0 Å². The highest BCUT2D eigenvalue weighted by atomic mass is 14.9. The first-order valence-corrected chi connectivity index (χ1v) is 17.1. The largest absolute Gasteiger partial charge is 0.397 e. The van der Waals surface area contributed by atoms with Gasteiger partial charge in [0.25, 0.3) is 0 Å². The van der Waals surface area contributed by atoms with Crippen molar-refractivity contribution in [3.05, 3.63) is 196 Å². The van der Waals surface area contributed by atoms with Crippen molar-refractivity contribution in [2.24, 2.45) is 10.9 Å². The summed E-state index contributed by atoms with van der Waals surface area (Å²) in [6.45, 7) is 6.54. The summed E-state index contributed by atoms with van der Waals surface area (Å²) in [5.41, 5.74) is 14.6. The van der Waals surface area contributed by atoms with Gasteiger partial charge in [0.2, 0.25) is 7.98 Å².